The number of ketones is 1. The Hall–Kier alpha value is -3.47. The van der Waals surface area contributed by atoms with Crippen molar-refractivity contribution >= 4 is 38.7 Å². The van der Waals surface area contributed by atoms with E-state index >= 15 is 0 Å². The van der Waals surface area contributed by atoms with Gasteiger partial charge in [-0.1, -0.05) is 29.8 Å². The van der Waals surface area contributed by atoms with Crippen LogP contribution in [-0.4, -0.2) is 70.1 Å². The lowest BCUT2D eigenvalue weighted by atomic mass is 9.68. The van der Waals surface area contributed by atoms with Crippen molar-refractivity contribution < 1.29 is 23.3 Å². The second kappa shape index (κ2) is 14.6. The third kappa shape index (κ3) is 7.44. The van der Waals surface area contributed by atoms with E-state index in [1.165, 1.54) is 11.1 Å². The van der Waals surface area contributed by atoms with Crippen molar-refractivity contribution in [1.82, 2.24) is 9.78 Å². The standard InChI is InChI=1S/C39H47ClN4O5S/c1-27-15-18-44(41-27)19-16-32(45)24-50(47)20-5-3-4-8-36(48-2)33-12-9-30(33)23-43-25-39(17-6-7-28-21-31(40)11-13-34(28)39)26-49-37-14-10-29(22-35(37)43)38(46)42-50/h4,8,10-11,13-15,18,21-22,30,33,36H,3,5-7,9,12,16-17,19-20,23-26H2,1-2H3/b8-4+/t30-,33+,36-,39-,50+/m0/s1. The molecule has 2 aliphatic heterocycles. The molecule has 2 bridgehead atoms. The summed E-state index contributed by atoms with van der Waals surface area (Å²) in [5, 5.41) is 5.10. The molecule has 7 rings (SSSR count). The third-order valence-corrected chi connectivity index (χ3v) is 13.5. The number of amides is 1. The first-order chi connectivity index (χ1) is 24.1. The lowest BCUT2D eigenvalue weighted by Gasteiger charge is -2.46. The summed E-state index contributed by atoms with van der Waals surface area (Å²) in [6.45, 7) is 4.34. The van der Waals surface area contributed by atoms with E-state index in [1.54, 1.807) is 17.9 Å². The number of anilines is 1. The van der Waals surface area contributed by atoms with Gasteiger partial charge in [0.2, 0.25) is 0 Å². The first-order valence-electron chi connectivity index (χ1n) is 17.9. The summed E-state index contributed by atoms with van der Waals surface area (Å²) < 4.78 is 33.1. The molecule has 3 aromatic rings. The second-order valence-electron chi connectivity index (χ2n) is 14.6. The average Bonchev–Trinajstić information content (AvgIpc) is 3.44. The Kier molecular flexibility index (Phi) is 10.2. The molecule has 1 fully saturated rings. The fraction of sp³-hybridized carbons (Fsp3) is 0.513. The van der Waals surface area contributed by atoms with Gasteiger partial charge in [-0.05, 0) is 111 Å². The van der Waals surface area contributed by atoms with Crippen molar-refractivity contribution in [2.24, 2.45) is 16.2 Å². The summed E-state index contributed by atoms with van der Waals surface area (Å²) in [6, 6.07) is 13.6. The van der Waals surface area contributed by atoms with Gasteiger partial charge >= 0.3 is 0 Å². The van der Waals surface area contributed by atoms with E-state index in [-0.39, 0.29) is 35.2 Å². The highest BCUT2D eigenvalue weighted by Crippen LogP contribution is 2.47. The molecule has 1 spiro atoms. The molecule has 0 radical (unpaired) electrons. The molecular weight excluding hydrogens is 672 g/mol. The van der Waals surface area contributed by atoms with Gasteiger partial charge in [0.25, 0.3) is 5.91 Å². The van der Waals surface area contributed by atoms with Gasteiger partial charge in [-0.3, -0.25) is 14.3 Å². The molecular formula is C39H47ClN4O5S. The van der Waals surface area contributed by atoms with Gasteiger partial charge in [0.05, 0.1) is 39.6 Å². The molecule has 2 aromatic carbocycles. The van der Waals surface area contributed by atoms with E-state index < -0.39 is 15.6 Å². The molecule has 3 heterocycles. The molecule has 9 nitrogen and oxygen atoms in total. The number of carbonyl (C=O) groups excluding carboxylic acids is 2. The molecule has 0 N–H and O–H groups in total. The molecule has 1 saturated carbocycles. The molecule has 1 amide bonds. The predicted molar refractivity (Wildman–Crippen MR) is 197 cm³/mol. The van der Waals surface area contributed by atoms with E-state index in [2.05, 4.69) is 38.6 Å². The van der Waals surface area contributed by atoms with E-state index in [1.807, 2.05) is 37.4 Å². The number of hydrogen-bond acceptors (Lipinski definition) is 7. The van der Waals surface area contributed by atoms with Crippen molar-refractivity contribution in [3.8, 4) is 5.75 Å². The fourth-order valence-electron chi connectivity index (χ4n) is 8.34. The smallest absolute Gasteiger partial charge is 0.285 e. The number of ether oxygens (including phenoxy) is 2. The molecule has 1 aromatic heterocycles. The zero-order chi connectivity index (χ0) is 34.9. The molecule has 2 aliphatic carbocycles. The highest BCUT2D eigenvalue weighted by atomic mass is 35.5. The number of allylic oxidation sites excluding steroid dienone is 1. The largest absolute Gasteiger partial charge is 0.490 e. The summed E-state index contributed by atoms with van der Waals surface area (Å²) in [7, 11) is -1.39. The van der Waals surface area contributed by atoms with Gasteiger partial charge in [-0.15, -0.1) is 0 Å². The van der Waals surface area contributed by atoms with Gasteiger partial charge < -0.3 is 14.4 Å². The lowest BCUT2D eigenvalue weighted by molar-refractivity contribution is -0.116. The van der Waals surface area contributed by atoms with Crippen LogP contribution < -0.4 is 9.64 Å². The molecule has 266 valence electrons. The van der Waals surface area contributed by atoms with Crippen LogP contribution in [-0.2, 0) is 37.6 Å². The van der Waals surface area contributed by atoms with Crippen molar-refractivity contribution in [3.05, 3.63) is 88.2 Å². The molecule has 5 atom stereocenters. The maximum atomic E-state index is 14.3. The van der Waals surface area contributed by atoms with E-state index in [0.29, 0.717) is 43.4 Å². The number of Topliss-reactive ketones (excluding diaryl/α,β-unsaturated/α-hetero) is 1. The Labute approximate surface area is 300 Å². The number of methoxy groups -OCH3 is 1. The molecule has 50 heavy (non-hydrogen) atoms. The normalized spacial score (nSPS) is 28.7. The molecule has 11 heteroatoms. The van der Waals surface area contributed by atoms with Crippen LogP contribution in [0.1, 0.15) is 72.1 Å². The van der Waals surface area contributed by atoms with Gasteiger partial charge in [-0.2, -0.15) is 9.46 Å². The van der Waals surface area contributed by atoms with E-state index in [0.717, 1.165) is 67.3 Å². The molecule has 4 aliphatic rings. The highest BCUT2D eigenvalue weighted by molar-refractivity contribution is 7.94. The van der Waals surface area contributed by atoms with Gasteiger partial charge in [0.15, 0.2) is 0 Å². The minimum atomic E-state index is -3.17. The number of aryl methyl sites for hydroxylation is 3. The van der Waals surface area contributed by atoms with Crippen LogP contribution in [0.15, 0.2) is 65.2 Å². The Morgan fingerprint density at radius 2 is 2.04 bits per heavy atom. The minimum Gasteiger partial charge on any atom is -0.490 e. The van der Waals surface area contributed by atoms with Crippen molar-refractivity contribution in [2.75, 3.05) is 43.2 Å². The average molecular weight is 719 g/mol. The third-order valence-electron chi connectivity index (χ3n) is 11.1. The maximum Gasteiger partial charge on any atom is 0.285 e. The van der Waals surface area contributed by atoms with Gasteiger partial charge in [0, 0.05) is 61.1 Å². The Bertz CT molecular complexity index is 1920. The summed E-state index contributed by atoms with van der Waals surface area (Å²) in [5.74, 6) is 0.641. The zero-order valence-corrected chi connectivity index (χ0v) is 30.6. The van der Waals surface area contributed by atoms with Crippen molar-refractivity contribution in [1.29, 1.82) is 0 Å². The summed E-state index contributed by atoms with van der Waals surface area (Å²) in [6.07, 6.45) is 12.6. The molecule has 0 saturated heterocycles. The zero-order valence-electron chi connectivity index (χ0n) is 29.0. The van der Waals surface area contributed by atoms with Crippen molar-refractivity contribution in [2.45, 2.75) is 76.4 Å². The van der Waals surface area contributed by atoms with E-state index in [4.69, 9.17) is 21.1 Å². The number of halogens is 1. The van der Waals surface area contributed by atoms with Crippen LogP contribution in [0.4, 0.5) is 5.69 Å². The first-order valence-corrected chi connectivity index (χ1v) is 20.2. The lowest BCUT2D eigenvalue weighted by Crippen LogP contribution is -2.49. The van der Waals surface area contributed by atoms with Crippen LogP contribution in [0.25, 0.3) is 0 Å². The quantitative estimate of drug-likeness (QED) is 0.254. The Balaban J connectivity index is 1.24. The summed E-state index contributed by atoms with van der Waals surface area (Å²) >= 11 is 6.45. The first kappa shape index (κ1) is 35.0. The second-order valence-corrected chi connectivity index (χ2v) is 17.4. The van der Waals surface area contributed by atoms with Gasteiger partial charge in [-0.25, -0.2) is 4.21 Å². The van der Waals surface area contributed by atoms with Crippen LogP contribution in [0.3, 0.4) is 0 Å². The van der Waals surface area contributed by atoms with Gasteiger partial charge in [0.1, 0.15) is 11.5 Å². The fourth-order valence-corrected chi connectivity index (χ4v) is 10.5. The number of fused-ring (bicyclic) bond motifs is 4. The SMILES string of the molecule is CO[C@H]1/C=C/CCC[S@@](=O)(CC(=O)CCn2ccc(C)n2)=NC(=O)c2ccc3c(c2)N(C[C@@H]2CC[C@H]21)C[C@@]1(CCCc2cc(Cl)ccc21)CO3. The van der Waals surface area contributed by atoms with Crippen LogP contribution in [0, 0.1) is 18.8 Å². The maximum absolute atomic E-state index is 14.3. The van der Waals surface area contributed by atoms with Crippen molar-refractivity contribution in [3.63, 3.8) is 0 Å². The summed E-state index contributed by atoms with van der Waals surface area (Å²) in [4.78, 5) is 29.5. The number of rotatable bonds is 6. The molecule has 0 unspecified atom stereocenters. The Morgan fingerprint density at radius 3 is 2.82 bits per heavy atom. The van der Waals surface area contributed by atoms with Crippen LogP contribution >= 0.6 is 11.6 Å². The predicted octanol–water partition coefficient (Wildman–Crippen LogP) is 6.98. The summed E-state index contributed by atoms with van der Waals surface area (Å²) in [5.41, 5.74) is 4.39. The number of carbonyl (C=O) groups is 2. The topological polar surface area (TPSA) is 103 Å². The number of benzene rings is 2. The highest BCUT2D eigenvalue weighted by Gasteiger charge is 2.44. The number of nitrogens with zero attached hydrogens (tertiary/aromatic N) is 4. The Morgan fingerprint density at radius 1 is 1.16 bits per heavy atom. The van der Waals surface area contributed by atoms with E-state index in [9.17, 15) is 13.8 Å². The van der Waals surface area contributed by atoms with Crippen LogP contribution in [0.2, 0.25) is 5.02 Å². The monoisotopic (exact) mass is 718 g/mol. The van der Waals surface area contributed by atoms with Crippen LogP contribution in [0.5, 0.6) is 5.75 Å². The number of aromatic nitrogens is 2. The minimum absolute atomic E-state index is 0.0228. The number of hydrogen-bond donors (Lipinski definition) is 0.